The van der Waals surface area contributed by atoms with E-state index in [0.717, 1.165) is 12.0 Å². The van der Waals surface area contributed by atoms with Gasteiger partial charge in [-0.25, -0.2) is 0 Å². The van der Waals surface area contributed by atoms with Gasteiger partial charge in [0.2, 0.25) is 0 Å². The Bertz CT molecular complexity index is 163. The third kappa shape index (κ3) is 7.81. The van der Waals surface area contributed by atoms with E-state index in [1.165, 1.54) is 77.2 Å². The van der Waals surface area contributed by atoms with Crippen molar-refractivity contribution in [2.75, 3.05) is 6.54 Å². The van der Waals surface area contributed by atoms with Gasteiger partial charge in [0.1, 0.15) is 0 Å². The van der Waals surface area contributed by atoms with Crippen LogP contribution >= 0.6 is 0 Å². The molecule has 1 aliphatic rings. The fourth-order valence-electron chi connectivity index (χ4n) is 2.69. The minimum atomic E-state index is 0.833. The van der Waals surface area contributed by atoms with Crippen molar-refractivity contribution in [2.45, 2.75) is 90.5 Å². The Morgan fingerprint density at radius 2 is 1.47 bits per heavy atom. The molecule has 0 aliphatic heterocycles. The molecular weight excluding hydrogens is 206 g/mol. The van der Waals surface area contributed by atoms with Crippen LogP contribution in [0, 0.1) is 5.92 Å². The lowest BCUT2D eigenvalue weighted by atomic mass is 10.1. The minimum Gasteiger partial charge on any atom is -0.314 e. The van der Waals surface area contributed by atoms with Crippen LogP contribution in [-0.4, -0.2) is 12.6 Å². The SMILES string of the molecule is CCCCCCCCCCNC(CC)C1CC1. The second-order valence-corrected chi connectivity index (χ2v) is 5.78. The highest BCUT2D eigenvalue weighted by Gasteiger charge is 2.28. The van der Waals surface area contributed by atoms with E-state index in [0.29, 0.717) is 0 Å². The van der Waals surface area contributed by atoms with Crippen molar-refractivity contribution in [1.29, 1.82) is 0 Å². The first-order valence-electron chi connectivity index (χ1n) is 8.11. The van der Waals surface area contributed by atoms with E-state index in [-0.39, 0.29) is 0 Å². The van der Waals surface area contributed by atoms with Crippen molar-refractivity contribution < 1.29 is 0 Å². The lowest BCUT2D eigenvalue weighted by Crippen LogP contribution is -2.31. The first-order valence-corrected chi connectivity index (χ1v) is 8.11. The van der Waals surface area contributed by atoms with Crippen LogP contribution in [0.1, 0.15) is 84.5 Å². The molecule has 0 heterocycles. The third-order valence-electron chi connectivity index (χ3n) is 4.07. The van der Waals surface area contributed by atoms with Gasteiger partial charge in [-0.1, -0.05) is 58.8 Å². The zero-order chi connectivity index (χ0) is 12.3. The summed E-state index contributed by atoms with van der Waals surface area (Å²) in [5.74, 6) is 1.02. The molecule has 1 N–H and O–H groups in total. The van der Waals surface area contributed by atoms with E-state index < -0.39 is 0 Å². The van der Waals surface area contributed by atoms with Crippen molar-refractivity contribution in [3.63, 3.8) is 0 Å². The van der Waals surface area contributed by atoms with Crippen molar-refractivity contribution >= 4 is 0 Å². The molecular formula is C16H33N. The van der Waals surface area contributed by atoms with Gasteiger partial charge in [0.05, 0.1) is 0 Å². The van der Waals surface area contributed by atoms with Crippen LogP contribution in [0.4, 0.5) is 0 Å². The molecule has 0 aromatic rings. The van der Waals surface area contributed by atoms with Crippen molar-refractivity contribution in [1.82, 2.24) is 5.32 Å². The molecule has 1 rings (SSSR count). The fraction of sp³-hybridized carbons (Fsp3) is 1.00. The zero-order valence-electron chi connectivity index (χ0n) is 12.1. The summed E-state index contributed by atoms with van der Waals surface area (Å²) in [6.07, 6.45) is 15.7. The van der Waals surface area contributed by atoms with E-state index in [2.05, 4.69) is 19.2 Å². The third-order valence-corrected chi connectivity index (χ3v) is 4.07. The molecule has 102 valence electrons. The molecule has 0 radical (unpaired) electrons. The van der Waals surface area contributed by atoms with Gasteiger partial charge in [0.15, 0.2) is 0 Å². The lowest BCUT2D eigenvalue weighted by Gasteiger charge is -2.15. The molecule has 1 saturated carbocycles. The first-order chi connectivity index (χ1) is 8.38. The second kappa shape index (κ2) is 9.94. The molecule has 1 nitrogen and oxygen atoms in total. The van der Waals surface area contributed by atoms with Gasteiger partial charge in [-0.2, -0.15) is 0 Å². The molecule has 0 saturated heterocycles. The molecule has 17 heavy (non-hydrogen) atoms. The molecule has 0 bridgehead atoms. The van der Waals surface area contributed by atoms with Crippen molar-refractivity contribution in [2.24, 2.45) is 5.92 Å². The highest BCUT2D eigenvalue weighted by atomic mass is 14.9. The fourth-order valence-corrected chi connectivity index (χ4v) is 2.69. The summed E-state index contributed by atoms with van der Waals surface area (Å²) in [6.45, 7) is 5.86. The van der Waals surface area contributed by atoms with Gasteiger partial charge in [-0.15, -0.1) is 0 Å². The van der Waals surface area contributed by atoms with Crippen molar-refractivity contribution in [3.8, 4) is 0 Å². The Morgan fingerprint density at radius 3 is 2.00 bits per heavy atom. The summed E-state index contributed by atoms with van der Waals surface area (Å²) in [7, 11) is 0. The lowest BCUT2D eigenvalue weighted by molar-refractivity contribution is 0.438. The average Bonchev–Trinajstić information content (AvgIpc) is 3.16. The number of nitrogens with one attached hydrogen (secondary N) is 1. The number of hydrogen-bond donors (Lipinski definition) is 1. The molecule has 0 spiro atoms. The normalized spacial score (nSPS) is 17.3. The number of hydrogen-bond acceptors (Lipinski definition) is 1. The maximum Gasteiger partial charge on any atom is 0.00927 e. The maximum absolute atomic E-state index is 3.74. The Balaban J connectivity index is 1.77. The monoisotopic (exact) mass is 239 g/mol. The topological polar surface area (TPSA) is 12.0 Å². The summed E-state index contributed by atoms with van der Waals surface area (Å²) >= 11 is 0. The van der Waals surface area contributed by atoms with Gasteiger partial charge >= 0.3 is 0 Å². The Hall–Kier alpha value is -0.0400. The van der Waals surface area contributed by atoms with Crippen molar-refractivity contribution in [3.05, 3.63) is 0 Å². The van der Waals surface area contributed by atoms with Gasteiger partial charge < -0.3 is 5.32 Å². The van der Waals surface area contributed by atoms with Crippen LogP contribution in [0.5, 0.6) is 0 Å². The first kappa shape index (κ1) is 15.0. The van der Waals surface area contributed by atoms with Gasteiger partial charge in [0.25, 0.3) is 0 Å². The predicted molar refractivity (Wildman–Crippen MR) is 77.4 cm³/mol. The van der Waals surface area contributed by atoms with E-state index in [1.807, 2.05) is 0 Å². The number of unbranched alkanes of at least 4 members (excludes halogenated alkanes) is 7. The number of rotatable bonds is 12. The Labute approximate surface area is 109 Å². The van der Waals surface area contributed by atoms with E-state index >= 15 is 0 Å². The quantitative estimate of drug-likeness (QED) is 0.477. The van der Waals surface area contributed by atoms with Crippen LogP contribution < -0.4 is 5.32 Å². The van der Waals surface area contributed by atoms with Crippen LogP contribution in [0.25, 0.3) is 0 Å². The summed E-state index contributed by atoms with van der Waals surface area (Å²) in [5.41, 5.74) is 0. The van der Waals surface area contributed by atoms with E-state index in [1.54, 1.807) is 0 Å². The Morgan fingerprint density at radius 1 is 0.882 bits per heavy atom. The molecule has 0 amide bonds. The molecule has 1 unspecified atom stereocenters. The summed E-state index contributed by atoms with van der Waals surface area (Å²) < 4.78 is 0. The average molecular weight is 239 g/mol. The molecule has 1 heteroatoms. The zero-order valence-corrected chi connectivity index (χ0v) is 12.1. The summed E-state index contributed by atoms with van der Waals surface area (Å²) in [5, 5.41) is 3.74. The van der Waals surface area contributed by atoms with Gasteiger partial charge in [-0.3, -0.25) is 0 Å². The van der Waals surface area contributed by atoms with Crippen LogP contribution in [-0.2, 0) is 0 Å². The molecule has 0 aromatic carbocycles. The standard InChI is InChI=1S/C16H33N/c1-3-5-6-7-8-9-10-11-14-17-16(4-2)15-12-13-15/h15-17H,3-14H2,1-2H3. The van der Waals surface area contributed by atoms with Gasteiger partial charge in [-0.05, 0) is 38.1 Å². The van der Waals surface area contributed by atoms with Crippen LogP contribution in [0.3, 0.4) is 0 Å². The molecule has 1 fully saturated rings. The molecule has 1 atom stereocenters. The van der Waals surface area contributed by atoms with Gasteiger partial charge in [0, 0.05) is 6.04 Å². The van der Waals surface area contributed by atoms with Crippen LogP contribution in [0.2, 0.25) is 0 Å². The summed E-state index contributed by atoms with van der Waals surface area (Å²) in [4.78, 5) is 0. The van der Waals surface area contributed by atoms with E-state index in [9.17, 15) is 0 Å². The van der Waals surface area contributed by atoms with Crippen LogP contribution in [0.15, 0.2) is 0 Å². The smallest absolute Gasteiger partial charge is 0.00927 e. The second-order valence-electron chi connectivity index (χ2n) is 5.78. The summed E-state index contributed by atoms with van der Waals surface area (Å²) in [6, 6.07) is 0.833. The van der Waals surface area contributed by atoms with E-state index in [4.69, 9.17) is 0 Å². The molecule has 0 aromatic heterocycles. The predicted octanol–water partition coefficient (Wildman–Crippen LogP) is 4.91. The highest BCUT2D eigenvalue weighted by Crippen LogP contribution is 2.33. The highest BCUT2D eigenvalue weighted by molar-refractivity contribution is 4.85. The molecule has 1 aliphatic carbocycles. The Kier molecular flexibility index (Phi) is 8.78. The maximum atomic E-state index is 3.74. The largest absolute Gasteiger partial charge is 0.314 e. The minimum absolute atomic E-state index is 0.833.